The second kappa shape index (κ2) is 14.5. The molecule has 5 heteroatoms. The quantitative estimate of drug-likeness (QED) is 0.203. The maximum absolute atomic E-state index is 10.7. The van der Waals surface area contributed by atoms with Crippen LogP contribution in [0.4, 0.5) is 0 Å². The monoisotopic (exact) mass is 250 g/mol. The average molecular weight is 250 g/mol. The summed E-state index contributed by atoms with van der Waals surface area (Å²) < 4.78 is 4.35. The molecule has 0 aliphatic heterocycles. The number of ether oxygens (including phenoxy) is 1. The van der Waals surface area contributed by atoms with Crippen LogP contribution in [-0.4, -0.2) is 49.7 Å². The second-order valence-electron chi connectivity index (χ2n) is 2.03. The Morgan fingerprint density at radius 1 is 1.36 bits per heavy atom. The fourth-order valence-corrected chi connectivity index (χ4v) is 0.464. The predicted octanol–water partition coefficient (Wildman–Crippen LogP) is -1.44. The van der Waals surface area contributed by atoms with Gasteiger partial charge < -0.3 is 9.02 Å². The molecule has 0 saturated carbocycles. The number of carbonyl (C=O) groups is 2. The molecule has 0 aliphatic carbocycles. The molecule has 0 aromatic heterocycles. The molecule has 0 N–H and O–H groups in total. The van der Waals surface area contributed by atoms with E-state index < -0.39 is 11.9 Å². The maximum atomic E-state index is 10.7. The molecule has 0 amide bonds. The summed E-state index contributed by atoms with van der Waals surface area (Å²) in [7, 11) is 0. The van der Waals surface area contributed by atoms with Gasteiger partial charge in [-0.2, -0.15) is 0 Å². The Balaban J connectivity index is -0.0000000605. The fourth-order valence-electron chi connectivity index (χ4n) is 0.464. The van der Waals surface area contributed by atoms with Crippen molar-refractivity contribution < 1.29 is 70.0 Å². The second-order valence-corrected chi connectivity index (χ2v) is 2.03. The van der Waals surface area contributed by atoms with Gasteiger partial charge in [0, 0.05) is 12.5 Å². The molecule has 0 radical (unpaired) electrons. The zero-order valence-electron chi connectivity index (χ0n) is 11.9. The summed E-state index contributed by atoms with van der Waals surface area (Å²) in [6.45, 7) is 3.46. The van der Waals surface area contributed by atoms with Crippen LogP contribution >= 0.6 is 0 Å². The van der Waals surface area contributed by atoms with Crippen LogP contribution in [0.25, 0.3) is 0 Å². The Labute approximate surface area is 161 Å². The van der Waals surface area contributed by atoms with Crippen molar-refractivity contribution in [3.8, 4) is 0 Å². The van der Waals surface area contributed by atoms with Crippen molar-refractivity contribution >= 4 is 49.7 Å². The number of rotatable bonds is 3. The summed E-state index contributed by atoms with van der Waals surface area (Å²) >= 11 is 0. The Kier molecular flexibility index (Phi) is 21.6. The van der Waals surface area contributed by atoms with E-state index in [0.29, 0.717) is 0 Å². The van der Waals surface area contributed by atoms with Crippen molar-refractivity contribution in [1.29, 1.82) is 0 Å². The molecule has 0 bridgehead atoms. The Hall–Kier alpha value is 1.52. The molecule has 0 aliphatic rings. The van der Waals surface area contributed by atoms with Crippen LogP contribution in [0.1, 0.15) is 24.5 Å². The van der Waals surface area contributed by atoms with Gasteiger partial charge in [0.05, 0.1) is 0 Å². The van der Waals surface area contributed by atoms with Crippen LogP contribution in [0, 0.1) is 0 Å². The van der Waals surface area contributed by atoms with Crippen LogP contribution in [0.15, 0.2) is 24.3 Å². The van der Waals surface area contributed by atoms with Crippen LogP contribution in [-0.2, 0) is 14.3 Å². The number of allylic oxidation sites excluding steroid dienone is 3. The van der Waals surface area contributed by atoms with Gasteiger partial charge >= 0.3 is 101 Å². The van der Waals surface area contributed by atoms with E-state index in [9.17, 15) is 9.59 Å². The van der Waals surface area contributed by atoms with Crippen molar-refractivity contribution in [2.75, 3.05) is 0 Å². The van der Waals surface area contributed by atoms with Crippen molar-refractivity contribution in [2.24, 2.45) is 0 Å². The minimum absolute atomic E-state index is 0. The number of hydrogen-bond acceptors (Lipinski definition) is 3. The van der Waals surface area contributed by atoms with Gasteiger partial charge in [-0.3, -0.25) is 4.79 Å². The number of carbonyl (C=O) groups excluding carboxylic acids is 2. The van der Waals surface area contributed by atoms with Crippen LogP contribution in [0.5, 0.6) is 0 Å². The van der Waals surface area contributed by atoms with E-state index in [4.69, 9.17) is 0 Å². The van der Waals surface area contributed by atoms with Crippen molar-refractivity contribution in [1.82, 2.24) is 0 Å². The van der Waals surface area contributed by atoms with Crippen LogP contribution < -0.4 is 51.4 Å². The molecule has 0 saturated heterocycles. The van der Waals surface area contributed by atoms with E-state index in [2.05, 4.69) is 4.74 Å². The molecular formula is C9H15CaKO3. The first kappa shape index (κ1) is 20.9. The molecule has 0 atom stereocenters. The Bertz CT molecular complexity index is 236. The van der Waals surface area contributed by atoms with Crippen LogP contribution in [0.3, 0.4) is 0 Å². The molecule has 0 spiro atoms. The zero-order valence-corrected chi connectivity index (χ0v) is 14.3. The SMILES string of the molecule is C/C=C/C=C/C(=O)OC(=O)CC.[Ca+2].[H-].[H-].[H-].[K+]. The topological polar surface area (TPSA) is 43.4 Å². The van der Waals surface area contributed by atoms with Gasteiger partial charge in [-0.25, -0.2) is 4.79 Å². The standard InChI is InChI=1S/C9H12O3.Ca.K.3H/c1-3-5-6-7-9(11)12-8(10)4-2;;;;;/h3,5-7H,4H2,1-2H3;;;;;/q;+2;+1;3*-1/b5-3+,7-6+;;;;;. The van der Waals surface area contributed by atoms with Gasteiger partial charge in [-0.1, -0.05) is 25.2 Å². The molecule has 3 nitrogen and oxygen atoms in total. The molecule has 0 aromatic rings. The predicted molar refractivity (Wildman–Crippen MR) is 54.4 cm³/mol. The minimum Gasteiger partial charge on any atom is -1.00 e. The van der Waals surface area contributed by atoms with Gasteiger partial charge in [-0.05, 0) is 6.92 Å². The first-order chi connectivity index (χ1) is 5.70. The summed E-state index contributed by atoms with van der Waals surface area (Å²) in [6, 6.07) is 0. The number of esters is 2. The van der Waals surface area contributed by atoms with Crippen molar-refractivity contribution in [2.45, 2.75) is 20.3 Å². The largest absolute Gasteiger partial charge is 2.00 e. The van der Waals surface area contributed by atoms with E-state index >= 15 is 0 Å². The summed E-state index contributed by atoms with van der Waals surface area (Å²) in [5, 5.41) is 0. The third-order valence-corrected chi connectivity index (χ3v) is 1.04. The Morgan fingerprint density at radius 3 is 2.36 bits per heavy atom. The van der Waals surface area contributed by atoms with E-state index in [1.54, 1.807) is 19.1 Å². The smallest absolute Gasteiger partial charge is 1.00 e. The van der Waals surface area contributed by atoms with Gasteiger partial charge in [-0.15, -0.1) is 0 Å². The molecule has 0 unspecified atom stereocenters. The van der Waals surface area contributed by atoms with E-state index in [1.807, 2.05) is 6.92 Å². The summed E-state index contributed by atoms with van der Waals surface area (Å²) in [6.07, 6.45) is 6.38. The molecule has 14 heavy (non-hydrogen) atoms. The maximum Gasteiger partial charge on any atom is 2.00 e. The van der Waals surface area contributed by atoms with Crippen molar-refractivity contribution in [3.63, 3.8) is 0 Å². The number of hydrogen-bond donors (Lipinski definition) is 0. The van der Waals surface area contributed by atoms with Crippen molar-refractivity contribution in [3.05, 3.63) is 24.3 Å². The first-order valence-electron chi connectivity index (χ1n) is 3.74. The summed E-state index contributed by atoms with van der Waals surface area (Å²) in [5.41, 5.74) is 0. The molecule has 0 rings (SSSR count). The van der Waals surface area contributed by atoms with Gasteiger partial charge in [0.2, 0.25) is 0 Å². The summed E-state index contributed by atoms with van der Waals surface area (Å²) in [4.78, 5) is 21.3. The molecule has 0 fully saturated rings. The van der Waals surface area contributed by atoms with Gasteiger partial charge in [0.1, 0.15) is 0 Å². The molecular weight excluding hydrogens is 235 g/mol. The third-order valence-electron chi connectivity index (χ3n) is 1.04. The summed E-state index contributed by atoms with van der Waals surface area (Å²) in [5.74, 6) is -1.13. The van der Waals surface area contributed by atoms with E-state index in [0.717, 1.165) is 0 Å². The van der Waals surface area contributed by atoms with E-state index in [1.165, 1.54) is 12.2 Å². The molecule has 72 valence electrons. The fraction of sp³-hybridized carbons (Fsp3) is 0.333. The average Bonchev–Trinajstić information content (AvgIpc) is 2.05. The first-order valence-corrected chi connectivity index (χ1v) is 3.74. The molecule has 0 aromatic carbocycles. The zero-order chi connectivity index (χ0) is 9.40. The molecule has 0 heterocycles. The van der Waals surface area contributed by atoms with Gasteiger partial charge in [0.15, 0.2) is 0 Å². The minimum atomic E-state index is -0.625. The third kappa shape index (κ3) is 13.5. The van der Waals surface area contributed by atoms with E-state index in [-0.39, 0.29) is 99.8 Å². The van der Waals surface area contributed by atoms with Gasteiger partial charge in [0.25, 0.3) is 0 Å². The normalized spacial score (nSPS) is 9.29. The van der Waals surface area contributed by atoms with Crippen LogP contribution in [0.2, 0.25) is 0 Å². The Morgan fingerprint density at radius 2 is 1.93 bits per heavy atom.